The van der Waals surface area contributed by atoms with Crippen molar-refractivity contribution in [1.29, 1.82) is 0 Å². The number of aryl methyl sites for hydroxylation is 2. The summed E-state index contributed by atoms with van der Waals surface area (Å²) < 4.78 is 1.96. The second-order valence-corrected chi connectivity index (χ2v) is 4.33. The van der Waals surface area contributed by atoms with Gasteiger partial charge in [0.15, 0.2) is 0 Å². The zero-order valence-corrected chi connectivity index (χ0v) is 10.2. The van der Waals surface area contributed by atoms with Gasteiger partial charge >= 0.3 is 0 Å². The van der Waals surface area contributed by atoms with Crippen LogP contribution in [0.15, 0.2) is 0 Å². The first-order chi connectivity index (χ1) is 6.85. The van der Waals surface area contributed by atoms with Gasteiger partial charge in [0, 0.05) is 6.54 Å². The molecule has 3 nitrogen and oxygen atoms in total. The molecule has 0 atom stereocenters. The molecule has 0 fully saturated rings. The second kappa shape index (κ2) is 4.08. The molecule has 0 radical (unpaired) electrons. The molecule has 0 amide bonds. The molecule has 0 saturated heterocycles. The molecule has 0 aromatic carbocycles. The van der Waals surface area contributed by atoms with Crippen LogP contribution in [0.2, 0.25) is 0 Å². The van der Waals surface area contributed by atoms with Gasteiger partial charge in [-0.2, -0.15) is 5.10 Å². The summed E-state index contributed by atoms with van der Waals surface area (Å²) in [6, 6.07) is 0. The van der Waals surface area contributed by atoms with Gasteiger partial charge in [-0.1, -0.05) is 11.8 Å². The number of hydrogen-bond donors (Lipinski definition) is 1. The third-order valence-electron chi connectivity index (χ3n) is 2.19. The number of nitrogens with zero attached hydrogens (tertiary/aromatic N) is 2. The maximum Gasteiger partial charge on any atom is 0.0753 e. The Morgan fingerprint density at radius 1 is 1.40 bits per heavy atom. The highest BCUT2D eigenvalue weighted by molar-refractivity contribution is 5.42. The minimum absolute atomic E-state index is 0.451. The van der Waals surface area contributed by atoms with Crippen molar-refractivity contribution in [2.75, 3.05) is 0 Å². The van der Waals surface area contributed by atoms with Crippen molar-refractivity contribution in [1.82, 2.24) is 9.78 Å². The van der Waals surface area contributed by atoms with E-state index in [2.05, 4.69) is 23.9 Å². The number of aromatic nitrogens is 2. The van der Waals surface area contributed by atoms with Crippen LogP contribution in [0, 0.1) is 25.7 Å². The Morgan fingerprint density at radius 2 is 2.00 bits per heavy atom. The molecule has 15 heavy (non-hydrogen) atoms. The van der Waals surface area contributed by atoms with E-state index in [4.69, 9.17) is 5.73 Å². The smallest absolute Gasteiger partial charge is 0.0753 e. The maximum atomic E-state index is 5.82. The van der Waals surface area contributed by atoms with Gasteiger partial charge in [-0.05, 0) is 34.6 Å². The van der Waals surface area contributed by atoms with E-state index in [1.807, 2.05) is 32.4 Å². The van der Waals surface area contributed by atoms with Gasteiger partial charge in [-0.3, -0.25) is 4.68 Å². The summed E-state index contributed by atoms with van der Waals surface area (Å²) in [5.74, 6) is 6.15. The van der Waals surface area contributed by atoms with E-state index in [9.17, 15) is 0 Å². The van der Waals surface area contributed by atoms with Gasteiger partial charge in [0.2, 0.25) is 0 Å². The predicted molar refractivity (Wildman–Crippen MR) is 62.5 cm³/mol. The first-order valence-corrected chi connectivity index (χ1v) is 5.21. The van der Waals surface area contributed by atoms with Crippen LogP contribution in [-0.4, -0.2) is 15.3 Å². The van der Waals surface area contributed by atoms with Crippen molar-refractivity contribution >= 4 is 0 Å². The van der Waals surface area contributed by atoms with Gasteiger partial charge in [-0.25, -0.2) is 0 Å². The fourth-order valence-corrected chi connectivity index (χ4v) is 1.41. The average molecular weight is 205 g/mol. The molecule has 0 unspecified atom stereocenters. The molecule has 0 aliphatic rings. The lowest BCUT2D eigenvalue weighted by molar-refractivity contribution is 0.634. The van der Waals surface area contributed by atoms with E-state index >= 15 is 0 Å². The topological polar surface area (TPSA) is 43.8 Å². The quantitative estimate of drug-likeness (QED) is 0.708. The van der Waals surface area contributed by atoms with E-state index in [0.717, 1.165) is 23.5 Å². The van der Waals surface area contributed by atoms with Crippen LogP contribution in [0.1, 0.15) is 37.7 Å². The van der Waals surface area contributed by atoms with Crippen molar-refractivity contribution in [2.45, 2.75) is 46.7 Å². The van der Waals surface area contributed by atoms with E-state index < -0.39 is 5.54 Å². The zero-order valence-electron chi connectivity index (χ0n) is 10.2. The molecule has 82 valence electrons. The van der Waals surface area contributed by atoms with E-state index in [0.29, 0.717) is 0 Å². The summed E-state index contributed by atoms with van der Waals surface area (Å²) in [7, 11) is 0. The van der Waals surface area contributed by atoms with Gasteiger partial charge in [-0.15, -0.1) is 0 Å². The van der Waals surface area contributed by atoms with Gasteiger partial charge < -0.3 is 5.73 Å². The van der Waals surface area contributed by atoms with Crippen molar-refractivity contribution in [3.63, 3.8) is 0 Å². The van der Waals surface area contributed by atoms with E-state index in [1.54, 1.807) is 0 Å². The van der Waals surface area contributed by atoms with Gasteiger partial charge in [0.05, 0.1) is 22.5 Å². The lowest BCUT2D eigenvalue weighted by atomic mass is 10.1. The summed E-state index contributed by atoms with van der Waals surface area (Å²) in [6.45, 7) is 10.8. The highest BCUT2D eigenvalue weighted by Gasteiger charge is 2.09. The van der Waals surface area contributed by atoms with Crippen LogP contribution >= 0.6 is 0 Å². The Labute approximate surface area is 91.7 Å². The molecule has 2 N–H and O–H groups in total. The van der Waals surface area contributed by atoms with E-state index in [1.165, 1.54) is 0 Å². The number of rotatable bonds is 1. The number of nitrogens with two attached hydrogens (primary N) is 1. The van der Waals surface area contributed by atoms with Gasteiger partial charge in [0.25, 0.3) is 0 Å². The monoisotopic (exact) mass is 205 g/mol. The molecule has 0 saturated carbocycles. The van der Waals surface area contributed by atoms with Crippen LogP contribution in [-0.2, 0) is 6.54 Å². The molecule has 0 spiro atoms. The molecular formula is C12H19N3. The van der Waals surface area contributed by atoms with Crippen LogP contribution in [0.5, 0.6) is 0 Å². The fraction of sp³-hybridized carbons (Fsp3) is 0.583. The Hall–Kier alpha value is -1.27. The molecule has 0 aliphatic carbocycles. The standard InChI is InChI=1S/C12H19N3/c1-6-15-10(3)11(9(2)14-15)7-8-12(4,5)13/h6,13H2,1-5H3. The van der Waals surface area contributed by atoms with Crippen molar-refractivity contribution in [3.05, 3.63) is 17.0 Å². The molecule has 3 heteroatoms. The first kappa shape index (κ1) is 11.8. The highest BCUT2D eigenvalue weighted by atomic mass is 15.3. The summed E-state index contributed by atoms with van der Waals surface area (Å²) in [4.78, 5) is 0. The van der Waals surface area contributed by atoms with Crippen LogP contribution < -0.4 is 5.73 Å². The maximum absolute atomic E-state index is 5.82. The molecular weight excluding hydrogens is 186 g/mol. The molecule has 1 aromatic rings. The van der Waals surface area contributed by atoms with Crippen LogP contribution in [0.3, 0.4) is 0 Å². The van der Waals surface area contributed by atoms with Gasteiger partial charge in [0.1, 0.15) is 0 Å². The Balaban J connectivity index is 3.14. The summed E-state index contributed by atoms with van der Waals surface area (Å²) >= 11 is 0. The summed E-state index contributed by atoms with van der Waals surface area (Å²) in [5, 5.41) is 4.40. The minimum Gasteiger partial charge on any atom is -0.316 e. The average Bonchev–Trinajstić information content (AvgIpc) is 2.37. The molecule has 0 bridgehead atoms. The first-order valence-electron chi connectivity index (χ1n) is 5.21. The largest absolute Gasteiger partial charge is 0.316 e. The predicted octanol–water partition coefficient (Wildman–Crippen LogP) is 1.61. The Bertz CT molecular complexity index is 411. The lowest BCUT2D eigenvalue weighted by Crippen LogP contribution is -2.29. The SMILES string of the molecule is CCn1nc(C)c(C#CC(C)(C)N)c1C. The Kier molecular flexibility index (Phi) is 3.21. The fourth-order valence-electron chi connectivity index (χ4n) is 1.41. The van der Waals surface area contributed by atoms with Crippen molar-refractivity contribution in [3.8, 4) is 11.8 Å². The Morgan fingerprint density at radius 3 is 2.40 bits per heavy atom. The second-order valence-electron chi connectivity index (χ2n) is 4.33. The third-order valence-corrected chi connectivity index (χ3v) is 2.19. The minimum atomic E-state index is -0.451. The van der Waals surface area contributed by atoms with Crippen molar-refractivity contribution in [2.24, 2.45) is 5.73 Å². The zero-order chi connectivity index (χ0) is 11.6. The number of hydrogen-bond acceptors (Lipinski definition) is 2. The highest BCUT2D eigenvalue weighted by Crippen LogP contribution is 2.11. The van der Waals surface area contributed by atoms with E-state index in [-0.39, 0.29) is 0 Å². The van der Waals surface area contributed by atoms with Crippen molar-refractivity contribution < 1.29 is 0 Å². The van der Waals surface area contributed by atoms with Crippen LogP contribution in [0.4, 0.5) is 0 Å². The third kappa shape index (κ3) is 2.84. The molecule has 1 aromatic heterocycles. The summed E-state index contributed by atoms with van der Waals surface area (Å²) in [6.07, 6.45) is 0. The molecule has 1 rings (SSSR count). The summed E-state index contributed by atoms with van der Waals surface area (Å²) in [5.41, 5.74) is 8.48. The normalized spacial score (nSPS) is 11.1. The lowest BCUT2D eigenvalue weighted by Gasteiger charge is -2.07. The van der Waals surface area contributed by atoms with Crippen LogP contribution in [0.25, 0.3) is 0 Å². The molecule has 1 heterocycles. The molecule has 0 aliphatic heterocycles.